The number of halogens is 2. The van der Waals surface area contributed by atoms with Crippen molar-refractivity contribution in [2.24, 2.45) is 0 Å². The number of nitrogens with one attached hydrogen (secondary N) is 1. The summed E-state index contributed by atoms with van der Waals surface area (Å²) < 4.78 is 0. The molecule has 0 spiro atoms. The Morgan fingerprint density at radius 2 is 2.00 bits per heavy atom. The third kappa shape index (κ3) is 4.37. The van der Waals surface area contributed by atoms with Crippen LogP contribution >= 0.6 is 23.2 Å². The van der Waals surface area contributed by atoms with Gasteiger partial charge in [-0.1, -0.05) is 42.1 Å². The standard InChI is InChI=1S/C15H19Cl2NO2/c16-11-7-5-10(9-12(11)17)6-8-15(20)18-13-3-1-2-4-14(13)19/h5,7,9,13-14,19H,1-4,6,8H2,(H,18,20). The largest absolute Gasteiger partial charge is 0.391 e. The molecule has 2 unspecified atom stereocenters. The maximum atomic E-state index is 11.9. The van der Waals surface area contributed by atoms with Gasteiger partial charge in [0, 0.05) is 6.42 Å². The van der Waals surface area contributed by atoms with Gasteiger partial charge in [0.05, 0.1) is 22.2 Å². The molecule has 1 aromatic rings. The van der Waals surface area contributed by atoms with E-state index in [0.29, 0.717) is 22.9 Å². The van der Waals surface area contributed by atoms with E-state index < -0.39 is 6.10 Å². The summed E-state index contributed by atoms with van der Waals surface area (Å²) in [7, 11) is 0. The van der Waals surface area contributed by atoms with Gasteiger partial charge in [-0.05, 0) is 37.0 Å². The maximum Gasteiger partial charge on any atom is 0.220 e. The molecule has 2 N–H and O–H groups in total. The molecule has 20 heavy (non-hydrogen) atoms. The number of amides is 1. The summed E-state index contributed by atoms with van der Waals surface area (Å²) in [6, 6.07) is 5.30. The van der Waals surface area contributed by atoms with Crippen LogP contribution in [0.3, 0.4) is 0 Å². The SMILES string of the molecule is O=C(CCc1ccc(Cl)c(Cl)c1)NC1CCCCC1O. The van der Waals surface area contributed by atoms with Crippen molar-refractivity contribution >= 4 is 29.1 Å². The lowest BCUT2D eigenvalue weighted by Gasteiger charge is -2.28. The van der Waals surface area contributed by atoms with E-state index in [4.69, 9.17) is 23.2 Å². The van der Waals surface area contributed by atoms with Gasteiger partial charge in [0.15, 0.2) is 0 Å². The third-order valence-corrected chi connectivity index (χ3v) is 4.44. The number of hydrogen-bond acceptors (Lipinski definition) is 2. The normalized spacial score (nSPS) is 22.6. The molecule has 1 aromatic carbocycles. The van der Waals surface area contributed by atoms with Gasteiger partial charge in [0.1, 0.15) is 0 Å². The highest BCUT2D eigenvalue weighted by atomic mass is 35.5. The molecule has 2 atom stereocenters. The Hall–Kier alpha value is -0.770. The summed E-state index contributed by atoms with van der Waals surface area (Å²) in [5, 5.41) is 13.8. The van der Waals surface area contributed by atoms with E-state index in [1.165, 1.54) is 0 Å². The molecule has 0 saturated heterocycles. The molecule has 5 heteroatoms. The highest BCUT2D eigenvalue weighted by Crippen LogP contribution is 2.23. The second-order valence-electron chi connectivity index (χ2n) is 5.27. The van der Waals surface area contributed by atoms with Crippen LogP contribution in [0, 0.1) is 0 Å². The number of rotatable bonds is 4. The minimum Gasteiger partial charge on any atom is -0.391 e. The lowest BCUT2D eigenvalue weighted by atomic mass is 9.92. The van der Waals surface area contributed by atoms with Crippen molar-refractivity contribution in [1.29, 1.82) is 0 Å². The van der Waals surface area contributed by atoms with E-state index >= 15 is 0 Å². The highest BCUT2D eigenvalue weighted by molar-refractivity contribution is 6.42. The first-order valence-corrected chi connectivity index (χ1v) is 7.73. The average molecular weight is 316 g/mol. The first-order chi connectivity index (χ1) is 9.56. The van der Waals surface area contributed by atoms with Crippen LogP contribution in [-0.2, 0) is 11.2 Å². The van der Waals surface area contributed by atoms with Crippen LogP contribution in [-0.4, -0.2) is 23.2 Å². The molecule has 0 aliphatic heterocycles. The van der Waals surface area contributed by atoms with Gasteiger partial charge in [-0.3, -0.25) is 4.79 Å². The van der Waals surface area contributed by atoms with Crippen molar-refractivity contribution in [3.63, 3.8) is 0 Å². The summed E-state index contributed by atoms with van der Waals surface area (Å²) >= 11 is 11.8. The summed E-state index contributed by atoms with van der Waals surface area (Å²) in [6.45, 7) is 0. The maximum absolute atomic E-state index is 11.9. The van der Waals surface area contributed by atoms with Gasteiger partial charge in [-0.25, -0.2) is 0 Å². The minimum absolute atomic E-state index is 0.0259. The van der Waals surface area contributed by atoms with Crippen LogP contribution in [0.4, 0.5) is 0 Å². The lowest BCUT2D eigenvalue weighted by molar-refractivity contribution is -0.123. The number of carbonyl (C=O) groups is 1. The lowest BCUT2D eigenvalue weighted by Crippen LogP contribution is -2.45. The topological polar surface area (TPSA) is 49.3 Å². The zero-order valence-electron chi connectivity index (χ0n) is 11.2. The Morgan fingerprint density at radius 1 is 1.25 bits per heavy atom. The molecule has 1 aliphatic carbocycles. The average Bonchev–Trinajstić information content (AvgIpc) is 2.43. The molecule has 2 rings (SSSR count). The van der Waals surface area contributed by atoms with Crippen LogP contribution in [0.2, 0.25) is 10.0 Å². The number of benzene rings is 1. The number of carbonyl (C=O) groups excluding carboxylic acids is 1. The van der Waals surface area contributed by atoms with Crippen LogP contribution < -0.4 is 5.32 Å². The Labute approximate surface area is 129 Å². The monoisotopic (exact) mass is 315 g/mol. The summed E-state index contributed by atoms with van der Waals surface area (Å²) in [6.07, 6.45) is 4.34. The number of aliphatic hydroxyl groups excluding tert-OH is 1. The second-order valence-corrected chi connectivity index (χ2v) is 6.09. The molecule has 0 heterocycles. The van der Waals surface area contributed by atoms with E-state index in [2.05, 4.69) is 5.32 Å². The predicted molar refractivity (Wildman–Crippen MR) is 81.2 cm³/mol. The van der Waals surface area contributed by atoms with Gasteiger partial charge < -0.3 is 10.4 Å². The molecule has 1 fully saturated rings. The molecule has 0 radical (unpaired) electrons. The summed E-state index contributed by atoms with van der Waals surface area (Å²) in [5.41, 5.74) is 0.985. The second kappa shape index (κ2) is 7.30. The summed E-state index contributed by atoms with van der Waals surface area (Å²) in [4.78, 5) is 11.9. The first kappa shape index (κ1) is 15.6. The fourth-order valence-corrected chi connectivity index (χ4v) is 2.83. The van der Waals surface area contributed by atoms with Crippen molar-refractivity contribution in [2.75, 3.05) is 0 Å². The highest BCUT2D eigenvalue weighted by Gasteiger charge is 2.24. The molecule has 0 bridgehead atoms. The molecule has 1 aliphatic rings. The van der Waals surface area contributed by atoms with Crippen molar-refractivity contribution < 1.29 is 9.90 Å². The third-order valence-electron chi connectivity index (χ3n) is 3.70. The Morgan fingerprint density at radius 3 is 2.70 bits per heavy atom. The molecule has 1 amide bonds. The smallest absolute Gasteiger partial charge is 0.220 e. The van der Waals surface area contributed by atoms with Gasteiger partial charge in [-0.2, -0.15) is 0 Å². The molecule has 110 valence electrons. The molecule has 1 saturated carbocycles. The summed E-state index contributed by atoms with van der Waals surface area (Å²) in [5.74, 6) is -0.0259. The zero-order chi connectivity index (χ0) is 14.5. The first-order valence-electron chi connectivity index (χ1n) is 6.97. The number of aliphatic hydroxyl groups is 1. The van der Waals surface area contributed by atoms with E-state index in [-0.39, 0.29) is 11.9 Å². The van der Waals surface area contributed by atoms with Gasteiger partial charge >= 0.3 is 0 Å². The number of hydrogen-bond donors (Lipinski definition) is 2. The Balaban J connectivity index is 1.81. The Bertz CT molecular complexity index is 479. The molecular formula is C15H19Cl2NO2. The zero-order valence-corrected chi connectivity index (χ0v) is 12.8. The predicted octanol–water partition coefficient (Wildman–Crippen LogP) is 3.35. The van der Waals surface area contributed by atoms with E-state index in [1.54, 1.807) is 12.1 Å². The van der Waals surface area contributed by atoms with Crippen molar-refractivity contribution in [1.82, 2.24) is 5.32 Å². The van der Waals surface area contributed by atoms with E-state index in [1.807, 2.05) is 6.07 Å². The fourth-order valence-electron chi connectivity index (χ4n) is 2.51. The van der Waals surface area contributed by atoms with Crippen LogP contribution in [0.5, 0.6) is 0 Å². The van der Waals surface area contributed by atoms with Crippen LogP contribution in [0.15, 0.2) is 18.2 Å². The van der Waals surface area contributed by atoms with E-state index in [0.717, 1.165) is 31.2 Å². The van der Waals surface area contributed by atoms with Gasteiger partial charge in [-0.15, -0.1) is 0 Å². The van der Waals surface area contributed by atoms with Gasteiger partial charge in [0.25, 0.3) is 0 Å². The van der Waals surface area contributed by atoms with Crippen LogP contribution in [0.1, 0.15) is 37.7 Å². The molecule has 3 nitrogen and oxygen atoms in total. The quantitative estimate of drug-likeness (QED) is 0.895. The van der Waals surface area contributed by atoms with Crippen molar-refractivity contribution in [3.05, 3.63) is 33.8 Å². The molecular weight excluding hydrogens is 297 g/mol. The molecule has 0 aromatic heterocycles. The van der Waals surface area contributed by atoms with Gasteiger partial charge in [0.2, 0.25) is 5.91 Å². The fraction of sp³-hybridized carbons (Fsp3) is 0.533. The van der Waals surface area contributed by atoms with E-state index in [9.17, 15) is 9.90 Å². The Kier molecular flexibility index (Phi) is 5.70. The number of aryl methyl sites for hydroxylation is 1. The van der Waals surface area contributed by atoms with Crippen LogP contribution in [0.25, 0.3) is 0 Å². The van der Waals surface area contributed by atoms with Crippen molar-refractivity contribution in [2.45, 2.75) is 50.7 Å². The van der Waals surface area contributed by atoms with Crippen molar-refractivity contribution in [3.8, 4) is 0 Å². The minimum atomic E-state index is -0.405.